The van der Waals surface area contributed by atoms with E-state index in [0.717, 1.165) is 31.7 Å². The van der Waals surface area contributed by atoms with Crippen molar-refractivity contribution in [3.8, 4) is 5.75 Å². The van der Waals surface area contributed by atoms with Crippen LogP contribution in [0, 0.1) is 5.92 Å². The molecule has 3 N–H and O–H groups in total. The molecule has 1 aliphatic rings. The Morgan fingerprint density at radius 3 is 2.76 bits per heavy atom. The highest BCUT2D eigenvalue weighted by molar-refractivity contribution is 5.62. The molecule has 0 saturated carbocycles. The molecule has 0 unspecified atom stereocenters. The zero-order valence-corrected chi connectivity index (χ0v) is 9.96. The molecule has 1 aromatic rings. The van der Waals surface area contributed by atoms with Gasteiger partial charge in [0.1, 0.15) is 6.33 Å². The third-order valence-electron chi connectivity index (χ3n) is 3.19. The molecule has 0 radical (unpaired) electrons. The summed E-state index contributed by atoms with van der Waals surface area (Å²) in [6.45, 7) is 1.98. The fourth-order valence-electron chi connectivity index (χ4n) is 2.13. The molecule has 0 spiro atoms. The Morgan fingerprint density at radius 2 is 2.18 bits per heavy atom. The van der Waals surface area contributed by atoms with Crippen LogP contribution < -0.4 is 15.4 Å². The van der Waals surface area contributed by atoms with Gasteiger partial charge < -0.3 is 20.5 Å². The monoisotopic (exact) mass is 238 g/mol. The lowest BCUT2D eigenvalue weighted by Crippen LogP contribution is -2.35. The number of nitrogen functional groups attached to an aromatic ring is 1. The lowest BCUT2D eigenvalue weighted by Gasteiger charge is -2.32. The molecule has 0 aliphatic carbocycles. The van der Waals surface area contributed by atoms with E-state index in [1.54, 1.807) is 7.11 Å². The number of piperidine rings is 1. The lowest BCUT2D eigenvalue weighted by molar-refractivity contribution is 0.202. The first-order valence-corrected chi connectivity index (χ1v) is 5.76. The largest absolute Gasteiger partial charge is 0.490 e. The van der Waals surface area contributed by atoms with Crippen LogP contribution in [0.3, 0.4) is 0 Å². The fraction of sp³-hybridized carbons (Fsp3) is 0.636. The van der Waals surface area contributed by atoms with E-state index in [0.29, 0.717) is 17.5 Å². The third kappa shape index (κ3) is 2.41. The Balaban J connectivity index is 2.15. The van der Waals surface area contributed by atoms with Crippen molar-refractivity contribution in [1.82, 2.24) is 9.97 Å². The smallest absolute Gasteiger partial charge is 0.204 e. The van der Waals surface area contributed by atoms with Crippen LogP contribution in [-0.2, 0) is 0 Å². The number of aliphatic hydroxyl groups excluding tert-OH is 1. The SMILES string of the molecule is COc1c(N)ncnc1N1CCC(CO)CC1. The normalized spacial score (nSPS) is 17.2. The van der Waals surface area contributed by atoms with E-state index >= 15 is 0 Å². The molecule has 1 fully saturated rings. The summed E-state index contributed by atoms with van der Waals surface area (Å²) in [6.07, 6.45) is 3.37. The highest BCUT2D eigenvalue weighted by atomic mass is 16.5. The number of aromatic nitrogens is 2. The van der Waals surface area contributed by atoms with Crippen molar-refractivity contribution in [2.75, 3.05) is 37.4 Å². The first-order valence-electron chi connectivity index (χ1n) is 5.76. The third-order valence-corrected chi connectivity index (χ3v) is 3.19. The van der Waals surface area contributed by atoms with Gasteiger partial charge >= 0.3 is 0 Å². The van der Waals surface area contributed by atoms with Crippen LogP contribution in [-0.4, -0.2) is 41.9 Å². The number of methoxy groups -OCH3 is 1. The summed E-state index contributed by atoms with van der Waals surface area (Å²) >= 11 is 0. The van der Waals surface area contributed by atoms with E-state index in [2.05, 4.69) is 14.9 Å². The van der Waals surface area contributed by atoms with Gasteiger partial charge in [-0.1, -0.05) is 0 Å². The van der Waals surface area contributed by atoms with E-state index < -0.39 is 0 Å². The summed E-state index contributed by atoms with van der Waals surface area (Å²) in [5.41, 5.74) is 5.75. The predicted molar refractivity (Wildman–Crippen MR) is 65.0 cm³/mol. The maximum atomic E-state index is 9.10. The van der Waals surface area contributed by atoms with E-state index in [9.17, 15) is 0 Å². The highest BCUT2D eigenvalue weighted by Gasteiger charge is 2.23. The second-order valence-corrected chi connectivity index (χ2v) is 4.23. The maximum absolute atomic E-state index is 9.10. The number of nitrogens with two attached hydrogens (primary N) is 1. The van der Waals surface area contributed by atoms with Crippen molar-refractivity contribution < 1.29 is 9.84 Å². The summed E-state index contributed by atoms with van der Waals surface area (Å²) in [4.78, 5) is 10.3. The number of ether oxygens (including phenoxy) is 1. The van der Waals surface area contributed by atoms with Crippen LogP contribution in [0.4, 0.5) is 11.6 Å². The molecule has 94 valence electrons. The summed E-state index contributed by atoms with van der Waals surface area (Å²) in [7, 11) is 1.57. The van der Waals surface area contributed by atoms with Crippen molar-refractivity contribution in [3.63, 3.8) is 0 Å². The second-order valence-electron chi connectivity index (χ2n) is 4.23. The van der Waals surface area contributed by atoms with E-state index in [1.807, 2.05) is 0 Å². The Morgan fingerprint density at radius 1 is 1.47 bits per heavy atom. The van der Waals surface area contributed by atoms with Crippen LogP contribution in [0.1, 0.15) is 12.8 Å². The minimum Gasteiger partial charge on any atom is -0.490 e. The van der Waals surface area contributed by atoms with Crippen LogP contribution in [0.15, 0.2) is 6.33 Å². The summed E-state index contributed by atoms with van der Waals surface area (Å²) in [6, 6.07) is 0. The number of hydrogen-bond donors (Lipinski definition) is 2. The maximum Gasteiger partial charge on any atom is 0.204 e. The molecule has 6 heteroatoms. The first-order chi connectivity index (χ1) is 8.26. The minimum absolute atomic E-state index is 0.261. The van der Waals surface area contributed by atoms with Crippen LogP contribution >= 0.6 is 0 Å². The van der Waals surface area contributed by atoms with Crippen molar-refractivity contribution >= 4 is 11.6 Å². The molecule has 0 aromatic carbocycles. The average molecular weight is 238 g/mol. The van der Waals surface area contributed by atoms with Gasteiger partial charge in [-0.15, -0.1) is 0 Å². The molecule has 2 rings (SSSR count). The summed E-state index contributed by atoms with van der Waals surface area (Å²) in [5.74, 6) is 2.05. The molecule has 2 heterocycles. The Kier molecular flexibility index (Phi) is 3.63. The number of anilines is 2. The van der Waals surface area contributed by atoms with Crippen LogP contribution in [0.5, 0.6) is 5.75 Å². The zero-order chi connectivity index (χ0) is 12.3. The molecular formula is C11H18N4O2. The van der Waals surface area contributed by atoms with Gasteiger partial charge in [0.2, 0.25) is 5.75 Å². The van der Waals surface area contributed by atoms with E-state index in [-0.39, 0.29) is 6.61 Å². The van der Waals surface area contributed by atoms with Gasteiger partial charge in [-0.2, -0.15) is 0 Å². The van der Waals surface area contributed by atoms with Gasteiger partial charge in [-0.3, -0.25) is 0 Å². The van der Waals surface area contributed by atoms with E-state index in [4.69, 9.17) is 15.6 Å². The first kappa shape index (κ1) is 11.9. The standard InChI is InChI=1S/C11H18N4O2/c1-17-9-10(12)13-7-14-11(9)15-4-2-8(6-16)3-5-15/h7-8,16H,2-6H2,1H3,(H2,12,13,14). The molecule has 1 saturated heterocycles. The Bertz CT molecular complexity index is 378. The number of rotatable bonds is 3. The van der Waals surface area contributed by atoms with Gasteiger partial charge in [0, 0.05) is 19.7 Å². The Labute approximate surface area is 100 Å². The van der Waals surface area contributed by atoms with E-state index in [1.165, 1.54) is 6.33 Å². The lowest BCUT2D eigenvalue weighted by atomic mass is 9.98. The zero-order valence-electron chi connectivity index (χ0n) is 9.96. The molecular weight excluding hydrogens is 220 g/mol. The van der Waals surface area contributed by atoms with Gasteiger partial charge in [-0.25, -0.2) is 9.97 Å². The summed E-state index contributed by atoms with van der Waals surface area (Å²) in [5, 5.41) is 9.10. The van der Waals surface area contributed by atoms with Crippen molar-refractivity contribution in [1.29, 1.82) is 0 Å². The van der Waals surface area contributed by atoms with Gasteiger partial charge in [0.25, 0.3) is 0 Å². The number of nitrogens with zero attached hydrogens (tertiary/aromatic N) is 3. The van der Waals surface area contributed by atoms with Crippen LogP contribution in [0.2, 0.25) is 0 Å². The summed E-state index contributed by atoms with van der Waals surface area (Å²) < 4.78 is 5.24. The molecule has 6 nitrogen and oxygen atoms in total. The quantitative estimate of drug-likeness (QED) is 0.786. The molecule has 0 atom stereocenters. The fourth-order valence-corrected chi connectivity index (χ4v) is 2.13. The van der Waals surface area contributed by atoms with Crippen LogP contribution in [0.25, 0.3) is 0 Å². The van der Waals surface area contributed by atoms with Gasteiger partial charge in [-0.05, 0) is 18.8 Å². The number of hydrogen-bond acceptors (Lipinski definition) is 6. The Hall–Kier alpha value is -1.56. The molecule has 1 aliphatic heterocycles. The average Bonchev–Trinajstić information content (AvgIpc) is 2.38. The predicted octanol–water partition coefficient (Wildman–Crippen LogP) is 0.276. The molecule has 1 aromatic heterocycles. The molecule has 17 heavy (non-hydrogen) atoms. The minimum atomic E-state index is 0.261. The topological polar surface area (TPSA) is 84.5 Å². The van der Waals surface area contributed by atoms with Gasteiger partial charge in [0.05, 0.1) is 7.11 Å². The highest BCUT2D eigenvalue weighted by Crippen LogP contribution is 2.32. The molecule has 0 amide bonds. The second kappa shape index (κ2) is 5.18. The van der Waals surface area contributed by atoms with Crippen molar-refractivity contribution in [2.45, 2.75) is 12.8 Å². The van der Waals surface area contributed by atoms with Crippen molar-refractivity contribution in [2.24, 2.45) is 5.92 Å². The number of aliphatic hydroxyl groups is 1. The van der Waals surface area contributed by atoms with Gasteiger partial charge in [0.15, 0.2) is 11.6 Å². The van der Waals surface area contributed by atoms with Crippen molar-refractivity contribution in [3.05, 3.63) is 6.33 Å². The molecule has 0 bridgehead atoms.